The molecule has 1 aliphatic heterocycles. The minimum atomic E-state index is -3.60. The number of halogens is 2. The summed E-state index contributed by atoms with van der Waals surface area (Å²) in [5, 5.41) is 0. The van der Waals surface area contributed by atoms with Gasteiger partial charge in [0.1, 0.15) is 11.5 Å². The van der Waals surface area contributed by atoms with Gasteiger partial charge in [0.05, 0.1) is 5.92 Å². The smallest absolute Gasteiger partial charge is 0.320 e. The molecule has 1 heterocycles. The van der Waals surface area contributed by atoms with E-state index in [9.17, 15) is 4.79 Å². The van der Waals surface area contributed by atoms with Crippen LogP contribution in [0.2, 0.25) is 0 Å². The van der Waals surface area contributed by atoms with Crippen molar-refractivity contribution >= 4 is 5.78 Å². The van der Waals surface area contributed by atoms with Crippen LogP contribution >= 0.6 is 0 Å². The van der Waals surface area contributed by atoms with Gasteiger partial charge in [0.15, 0.2) is 0 Å². The summed E-state index contributed by atoms with van der Waals surface area (Å²) in [5.74, 6) is -5.47. The second kappa shape index (κ2) is 5.81. The number of hydrogen-bond donors (Lipinski definition) is 0. The van der Waals surface area contributed by atoms with Crippen LogP contribution in [0.3, 0.4) is 0 Å². The van der Waals surface area contributed by atoms with Crippen molar-refractivity contribution in [2.75, 3.05) is 0 Å². The monoisotopic (exact) mass is 336 g/mol. The summed E-state index contributed by atoms with van der Waals surface area (Å²) >= 11 is 0. The van der Waals surface area contributed by atoms with Crippen LogP contribution in [0.1, 0.15) is 27.4 Å². The average Bonchev–Trinajstić information content (AvgIpc) is 2.66. The third-order valence-electron chi connectivity index (χ3n) is 4.38. The molecule has 25 heavy (non-hydrogen) atoms. The first-order valence-electron chi connectivity index (χ1n) is 7.92. The molecule has 0 saturated carbocycles. The Morgan fingerprint density at radius 1 is 0.760 bits per heavy atom. The number of rotatable bonds is 3. The van der Waals surface area contributed by atoms with E-state index < -0.39 is 17.6 Å². The number of hydrogen-bond acceptors (Lipinski definition) is 2. The lowest BCUT2D eigenvalue weighted by Gasteiger charge is -2.32. The molecule has 0 spiro atoms. The molecule has 2 nitrogen and oxygen atoms in total. The van der Waals surface area contributed by atoms with Crippen LogP contribution in [-0.4, -0.2) is 11.7 Å². The van der Waals surface area contributed by atoms with Crippen LogP contribution in [0, 0.1) is 0 Å². The SMILES string of the molecule is O=C(c1ccccc1)C(F)(F)C1c2ccccc2Oc2ccccc21. The highest BCUT2D eigenvalue weighted by atomic mass is 19.3. The molecular formula is C21H14F2O2. The Morgan fingerprint density at radius 3 is 1.80 bits per heavy atom. The fourth-order valence-electron chi connectivity index (χ4n) is 3.21. The van der Waals surface area contributed by atoms with Gasteiger partial charge in [0, 0.05) is 16.7 Å². The standard InChI is InChI=1S/C21H14F2O2/c22-21(23,20(24)14-8-2-1-3-9-14)19-15-10-4-6-12-17(15)25-18-13-7-5-11-16(18)19/h1-13,19H. The lowest BCUT2D eigenvalue weighted by atomic mass is 9.80. The van der Waals surface area contributed by atoms with Gasteiger partial charge in [-0.3, -0.25) is 4.79 Å². The second-order valence-corrected chi connectivity index (χ2v) is 5.93. The largest absolute Gasteiger partial charge is 0.457 e. The summed E-state index contributed by atoms with van der Waals surface area (Å²) in [7, 11) is 0. The lowest BCUT2D eigenvalue weighted by Crippen LogP contribution is -2.37. The normalized spacial score (nSPS) is 13.5. The molecule has 0 fully saturated rings. The molecule has 0 amide bonds. The maximum Gasteiger partial charge on any atom is 0.320 e. The molecule has 0 unspecified atom stereocenters. The van der Waals surface area contributed by atoms with Gasteiger partial charge in [-0.2, -0.15) is 8.78 Å². The summed E-state index contributed by atoms with van der Waals surface area (Å²) in [6, 6.07) is 20.9. The lowest BCUT2D eigenvalue weighted by molar-refractivity contribution is -0.00188. The topological polar surface area (TPSA) is 26.3 Å². The Kier molecular flexibility index (Phi) is 3.61. The van der Waals surface area contributed by atoms with E-state index in [1.165, 1.54) is 12.1 Å². The fraction of sp³-hybridized carbons (Fsp3) is 0.0952. The van der Waals surface area contributed by atoms with Crippen LogP contribution in [-0.2, 0) is 0 Å². The number of carbonyl (C=O) groups excluding carboxylic acids is 1. The number of para-hydroxylation sites is 2. The number of ketones is 1. The molecule has 0 aliphatic carbocycles. The van der Waals surface area contributed by atoms with Crippen molar-refractivity contribution in [3.05, 3.63) is 95.6 Å². The Balaban J connectivity index is 1.88. The van der Waals surface area contributed by atoms with Gasteiger partial charge in [-0.25, -0.2) is 0 Å². The van der Waals surface area contributed by atoms with Crippen molar-refractivity contribution in [2.45, 2.75) is 11.8 Å². The van der Waals surface area contributed by atoms with E-state index in [4.69, 9.17) is 4.74 Å². The summed E-state index contributed by atoms with van der Waals surface area (Å²) in [6.07, 6.45) is 0. The van der Waals surface area contributed by atoms with Crippen molar-refractivity contribution in [3.8, 4) is 11.5 Å². The van der Waals surface area contributed by atoms with Gasteiger partial charge in [-0.05, 0) is 12.1 Å². The molecule has 124 valence electrons. The molecule has 4 rings (SSSR count). The highest BCUT2D eigenvalue weighted by Crippen LogP contribution is 2.51. The highest BCUT2D eigenvalue weighted by Gasteiger charge is 2.51. The zero-order chi connectivity index (χ0) is 17.4. The first kappa shape index (κ1) is 15.5. The van der Waals surface area contributed by atoms with Gasteiger partial charge in [-0.1, -0.05) is 66.7 Å². The third kappa shape index (κ3) is 2.50. The molecule has 4 heteroatoms. The molecule has 0 radical (unpaired) electrons. The van der Waals surface area contributed by atoms with E-state index in [1.54, 1.807) is 66.7 Å². The molecule has 0 N–H and O–H groups in total. The highest BCUT2D eigenvalue weighted by molar-refractivity contribution is 6.02. The van der Waals surface area contributed by atoms with Gasteiger partial charge >= 0.3 is 5.92 Å². The van der Waals surface area contributed by atoms with E-state index in [2.05, 4.69) is 0 Å². The van der Waals surface area contributed by atoms with Crippen LogP contribution in [0.5, 0.6) is 11.5 Å². The minimum absolute atomic E-state index is 0.00560. The maximum absolute atomic E-state index is 15.3. The van der Waals surface area contributed by atoms with Gasteiger partial charge in [-0.15, -0.1) is 0 Å². The minimum Gasteiger partial charge on any atom is -0.457 e. The number of Topliss-reactive ketones (excluding diaryl/α,β-unsaturated/α-hetero) is 1. The van der Waals surface area contributed by atoms with Gasteiger partial charge in [0.25, 0.3) is 0 Å². The van der Waals surface area contributed by atoms with Crippen molar-refractivity contribution in [3.63, 3.8) is 0 Å². The number of ether oxygens (including phenoxy) is 1. The molecule has 0 saturated heterocycles. The van der Waals surface area contributed by atoms with Crippen molar-refractivity contribution in [1.82, 2.24) is 0 Å². The average molecular weight is 336 g/mol. The van der Waals surface area contributed by atoms with Crippen molar-refractivity contribution in [2.24, 2.45) is 0 Å². The summed E-state index contributed by atoms with van der Waals surface area (Å²) in [6.45, 7) is 0. The number of fused-ring (bicyclic) bond motifs is 2. The summed E-state index contributed by atoms with van der Waals surface area (Å²) in [4.78, 5) is 12.6. The second-order valence-electron chi connectivity index (χ2n) is 5.93. The molecule has 0 atom stereocenters. The van der Waals surface area contributed by atoms with E-state index in [1.807, 2.05) is 0 Å². The maximum atomic E-state index is 15.3. The quantitative estimate of drug-likeness (QED) is 0.595. The molecule has 3 aromatic rings. The van der Waals surface area contributed by atoms with Crippen LogP contribution in [0.4, 0.5) is 8.78 Å². The van der Waals surface area contributed by atoms with Crippen molar-refractivity contribution in [1.29, 1.82) is 0 Å². The van der Waals surface area contributed by atoms with Crippen LogP contribution in [0.25, 0.3) is 0 Å². The summed E-state index contributed by atoms with van der Waals surface area (Å²) < 4.78 is 36.4. The Hall–Kier alpha value is -3.01. The fourth-order valence-corrected chi connectivity index (χ4v) is 3.21. The predicted molar refractivity (Wildman–Crippen MR) is 90.5 cm³/mol. The zero-order valence-corrected chi connectivity index (χ0v) is 13.2. The van der Waals surface area contributed by atoms with Crippen molar-refractivity contribution < 1.29 is 18.3 Å². The van der Waals surface area contributed by atoms with Crippen LogP contribution < -0.4 is 4.74 Å². The first-order valence-corrected chi connectivity index (χ1v) is 7.92. The van der Waals surface area contributed by atoms with Gasteiger partial charge in [0.2, 0.25) is 5.78 Å². The van der Waals surface area contributed by atoms with Crippen LogP contribution in [0.15, 0.2) is 78.9 Å². The Bertz CT molecular complexity index is 890. The third-order valence-corrected chi connectivity index (χ3v) is 4.38. The Morgan fingerprint density at radius 2 is 1.24 bits per heavy atom. The first-order chi connectivity index (χ1) is 12.1. The predicted octanol–water partition coefficient (Wildman–Crippen LogP) is 5.44. The Labute approximate surface area is 143 Å². The number of carbonyl (C=O) groups is 1. The van der Waals surface area contributed by atoms with E-state index in [0.29, 0.717) is 22.6 Å². The molecular weight excluding hydrogens is 322 g/mol. The van der Waals surface area contributed by atoms with Gasteiger partial charge < -0.3 is 4.74 Å². The summed E-state index contributed by atoms with van der Waals surface area (Å²) in [5.41, 5.74) is 0.625. The number of alkyl halides is 2. The van der Waals surface area contributed by atoms with E-state index >= 15 is 8.78 Å². The zero-order valence-electron chi connectivity index (χ0n) is 13.2. The molecule has 1 aliphatic rings. The van der Waals surface area contributed by atoms with E-state index in [-0.39, 0.29) is 5.56 Å². The molecule has 0 bridgehead atoms. The molecule has 0 aromatic heterocycles. The number of benzene rings is 3. The van der Waals surface area contributed by atoms with E-state index in [0.717, 1.165) is 0 Å². The molecule has 3 aromatic carbocycles.